The van der Waals surface area contributed by atoms with Crippen LogP contribution in [0.2, 0.25) is 5.02 Å². The van der Waals surface area contributed by atoms with Gasteiger partial charge in [-0.3, -0.25) is 0 Å². The SMILES string of the molecule is C=C1C=CC(C)=C(c2ccc(Cl)cc2)C=C1C. The molecule has 0 saturated heterocycles. The third-order valence-electron chi connectivity index (χ3n) is 2.98. The van der Waals surface area contributed by atoms with Crippen molar-refractivity contribution in [1.29, 1.82) is 0 Å². The van der Waals surface area contributed by atoms with Crippen molar-refractivity contribution in [2.45, 2.75) is 13.8 Å². The molecule has 0 radical (unpaired) electrons. The van der Waals surface area contributed by atoms with Gasteiger partial charge in [-0.2, -0.15) is 0 Å². The minimum Gasteiger partial charge on any atom is -0.0915 e. The van der Waals surface area contributed by atoms with Crippen LogP contribution in [-0.2, 0) is 0 Å². The van der Waals surface area contributed by atoms with E-state index < -0.39 is 0 Å². The van der Waals surface area contributed by atoms with Crippen molar-refractivity contribution in [3.63, 3.8) is 0 Å². The van der Waals surface area contributed by atoms with Crippen molar-refractivity contribution >= 4 is 17.2 Å². The van der Waals surface area contributed by atoms with Crippen LogP contribution in [0.25, 0.3) is 5.57 Å². The normalized spacial score (nSPS) is 15.9. The fraction of sp³-hybridized carbons (Fsp3) is 0.125. The molecule has 0 saturated carbocycles. The lowest BCUT2D eigenvalue weighted by atomic mass is 9.99. The summed E-state index contributed by atoms with van der Waals surface area (Å²) in [6.45, 7) is 8.23. The summed E-state index contributed by atoms with van der Waals surface area (Å²) in [7, 11) is 0. The molecule has 0 N–H and O–H groups in total. The molecule has 1 heteroatoms. The molecule has 0 amide bonds. The zero-order chi connectivity index (χ0) is 12.4. The number of benzene rings is 1. The maximum Gasteiger partial charge on any atom is 0.0406 e. The lowest BCUT2D eigenvalue weighted by Crippen LogP contribution is -1.85. The molecular formula is C16H15Cl. The predicted molar refractivity (Wildman–Crippen MR) is 76.1 cm³/mol. The quantitative estimate of drug-likeness (QED) is 0.636. The van der Waals surface area contributed by atoms with E-state index in [1.54, 1.807) is 0 Å². The highest BCUT2D eigenvalue weighted by molar-refractivity contribution is 6.30. The maximum atomic E-state index is 5.91. The maximum absolute atomic E-state index is 5.91. The predicted octanol–water partition coefficient (Wildman–Crippen LogP) is 5.19. The summed E-state index contributed by atoms with van der Waals surface area (Å²) in [5, 5.41) is 0.765. The number of allylic oxidation sites excluding steroid dienone is 7. The highest BCUT2D eigenvalue weighted by Gasteiger charge is 2.06. The van der Waals surface area contributed by atoms with E-state index in [1.165, 1.54) is 22.3 Å². The molecule has 1 aromatic rings. The molecule has 0 aromatic heterocycles. The number of hydrogen-bond donors (Lipinski definition) is 0. The number of halogens is 1. The first-order chi connectivity index (χ1) is 8.08. The Morgan fingerprint density at radius 2 is 1.65 bits per heavy atom. The van der Waals surface area contributed by atoms with Crippen LogP contribution in [-0.4, -0.2) is 0 Å². The zero-order valence-corrected chi connectivity index (χ0v) is 10.9. The van der Waals surface area contributed by atoms with Crippen molar-refractivity contribution in [2.75, 3.05) is 0 Å². The Bertz CT molecular complexity index is 539. The van der Waals surface area contributed by atoms with E-state index in [9.17, 15) is 0 Å². The number of rotatable bonds is 1. The van der Waals surface area contributed by atoms with Gasteiger partial charge in [0.2, 0.25) is 0 Å². The molecule has 0 spiro atoms. The van der Waals surface area contributed by atoms with Crippen LogP contribution in [0.15, 0.2) is 65.8 Å². The Morgan fingerprint density at radius 3 is 2.29 bits per heavy atom. The van der Waals surface area contributed by atoms with Gasteiger partial charge in [-0.05, 0) is 53.8 Å². The van der Waals surface area contributed by atoms with Gasteiger partial charge in [0, 0.05) is 5.02 Å². The average Bonchev–Trinajstić information content (AvgIpc) is 2.44. The first-order valence-corrected chi connectivity index (χ1v) is 5.98. The largest absolute Gasteiger partial charge is 0.0915 e. The Morgan fingerprint density at radius 1 is 1.00 bits per heavy atom. The molecule has 17 heavy (non-hydrogen) atoms. The van der Waals surface area contributed by atoms with Crippen LogP contribution < -0.4 is 0 Å². The molecule has 0 unspecified atom stereocenters. The zero-order valence-electron chi connectivity index (χ0n) is 10.1. The third-order valence-corrected chi connectivity index (χ3v) is 3.23. The summed E-state index contributed by atoms with van der Waals surface area (Å²) in [6.07, 6.45) is 6.35. The molecule has 2 rings (SSSR count). The van der Waals surface area contributed by atoms with Crippen LogP contribution in [0.3, 0.4) is 0 Å². The molecular weight excluding hydrogens is 228 g/mol. The van der Waals surface area contributed by atoms with E-state index in [0.717, 1.165) is 10.6 Å². The highest BCUT2D eigenvalue weighted by Crippen LogP contribution is 2.28. The van der Waals surface area contributed by atoms with Crippen molar-refractivity contribution in [3.05, 3.63) is 76.4 Å². The second kappa shape index (κ2) is 4.77. The summed E-state index contributed by atoms with van der Waals surface area (Å²) in [5.41, 5.74) is 5.92. The molecule has 86 valence electrons. The van der Waals surface area contributed by atoms with Crippen LogP contribution in [0, 0.1) is 0 Å². The minimum atomic E-state index is 0.765. The minimum absolute atomic E-state index is 0.765. The Kier molecular flexibility index (Phi) is 3.35. The Labute approximate surface area is 108 Å². The fourth-order valence-electron chi connectivity index (χ4n) is 1.81. The summed E-state index contributed by atoms with van der Waals surface area (Å²) in [4.78, 5) is 0. The smallest absolute Gasteiger partial charge is 0.0406 e. The van der Waals surface area contributed by atoms with Gasteiger partial charge in [-0.25, -0.2) is 0 Å². The van der Waals surface area contributed by atoms with E-state index in [-0.39, 0.29) is 0 Å². The van der Waals surface area contributed by atoms with Gasteiger partial charge in [0.15, 0.2) is 0 Å². The molecule has 0 bridgehead atoms. The topological polar surface area (TPSA) is 0 Å². The van der Waals surface area contributed by atoms with Crippen LogP contribution >= 0.6 is 11.6 Å². The Balaban J connectivity index is 2.53. The molecule has 0 nitrogen and oxygen atoms in total. The first kappa shape index (κ1) is 11.9. The van der Waals surface area contributed by atoms with Gasteiger partial charge in [-0.1, -0.05) is 48.5 Å². The molecule has 0 fully saturated rings. The molecule has 1 aliphatic carbocycles. The van der Waals surface area contributed by atoms with E-state index in [4.69, 9.17) is 11.6 Å². The molecule has 0 heterocycles. The lowest BCUT2D eigenvalue weighted by molar-refractivity contribution is 1.45. The van der Waals surface area contributed by atoms with E-state index in [2.05, 4.69) is 38.7 Å². The molecule has 1 aliphatic rings. The average molecular weight is 243 g/mol. The molecule has 0 atom stereocenters. The van der Waals surface area contributed by atoms with Gasteiger partial charge in [0.05, 0.1) is 0 Å². The van der Waals surface area contributed by atoms with Gasteiger partial charge in [0.1, 0.15) is 0 Å². The standard InChI is InChI=1S/C16H15Cl/c1-11-4-5-12(2)16(10-13(11)3)14-6-8-15(17)9-7-14/h4-10H,1H2,2-3H3. The second-order valence-electron chi connectivity index (χ2n) is 4.29. The van der Waals surface area contributed by atoms with E-state index in [0.29, 0.717) is 0 Å². The first-order valence-electron chi connectivity index (χ1n) is 5.60. The summed E-state index contributed by atoms with van der Waals surface area (Å²) in [6, 6.07) is 7.94. The van der Waals surface area contributed by atoms with Gasteiger partial charge >= 0.3 is 0 Å². The highest BCUT2D eigenvalue weighted by atomic mass is 35.5. The number of hydrogen-bond acceptors (Lipinski definition) is 0. The van der Waals surface area contributed by atoms with Gasteiger partial charge in [-0.15, -0.1) is 0 Å². The summed E-state index contributed by atoms with van der Waals surface area (Å²) >= 11 is 5.91. The van der Waals surface area contributed by atoms with E-state index in [1.807, 2.05) is 24.3 Å². The summed E-state index contributed by atoms with van der Waals surface area (Å²) in [5.74, 6) is 0. The van der Waals surface area contributed by atoms with Crippen molar-refractivity contribution < 1.29 is 0 Å². The third kappa shape index (κ3) is 2.59. The monoisotopic (exact) mass is 242 g/mol. The van der Waals surface area contributed by atoms with Crippen LogP contribution in [0.1, 0.15) is 19.4 Å². The van der Waals surface area contributed by atoms with Crippen LogP contribution in [0.4, 0.5) is 0 Å². The van der Waals surface area contributed by atoms with Crippen LogP contribution in [0.5, 0.6) is 0 Å². The molecule has 0 aliphatic heterocycles. The second-order valence-corrected chi connectivity index (χ2v) is 4.73. The van der Waals surface area contributed by atoms with Crippen molar-refractivity contribution in [1.82, 2.24) is 0 Å². The summed E-state index contributed by atoms with van der Waals surface area (Å²) < 4.78 is 0. The fourth-order valence-corrected chi connectivity index (χ4v) is 1.94. The Hall–Kier alpha value is -1.53. The van der Waals surface area contributed by atoms with E-state index >= 15 is 0 Å². The van der Waals surface area contributed by atoms with Gasteiger partial charge in [0.25, 0.3) is 0 Å². The molecule has 1 aromatic carbocycles. The van der Waals surface area contributed by atoms with Crippen molar-refractivity contribution in [2.24, 2.45) is 0 Å². The van der Waals surface area contributed by atoms with Gasteiger partial charge < -0.3 is 0 Å². The lowest BCUT2D eigenvalue weighted by Gasteiger charge is -2.06. The van der Waals surface area contributed by atoms with Crippen molar-refractivity contribution in [3.8, 4) is 0 Å².